The number of para-hydroxylation sites is 1. The number of benzene rings is 2. The Bertz CT molecular complexity index is 1710. The number of hydrogen-bond acceptors (Lipinski definition) is 7. The number of nitrogens with one attached hydrogen (secondary N) is 2. The number of amides is 1. The van der Waals surface area contributed by atoms with E-state index in [-0.39, 0.29) is 24.2 Å². The summed E-state index contributed by atoms with van der Waals surface area (Å²) in [4.78, 5) is 52.4. The molecule has 0 unspecified atom stereocenters. The van der Waals surface area contributed by atoms with Crippen LogP contribution in [0.15, 0.2) is 73.6 Å². The highest BCUT2D eigenvalue weighted by Crippen LogP contribution is 2.33. The molecule has 2 N–H and O–H groups in total. The van der Waals surface area contributed by atoms with Crippen LogP contribution in [-0.2, 0) is 27.2 Å². The van der Waals surface area contributed by atoms with E-state index in [9.17, 15) is 14.4 Å². The van der Waals surface area contributed by atoms with Crippen molar-refractivity contribution in [3.63, 3.8) is 0 Å². The highest BCUT2D eigenvalue weighted by Gasteiger charge is 2.36. The minimum atomic E-state index is -0.674. The molecule has 9 nitrogen and oxygen atoms in total. The maximum atomic E-state index is 13.5. The number of carbonyl (C=O) groups is 3. The molecule has 0 saturated carbocycles. The lowest BCUT2D eigenvalue weighted by atomic mass is 9.88. The van der Waals surface area contributed by atoms with Gasteiger partial charge in [0.25, 0.3) is 0 Å². The van der Waals surface area contributed by atoms with Crippen LogP contribution in [0, 0.1) is 5.92 Å². The number of Topliss-reactive ketones (excluding diaryl/α,β-unsaturated/α-hetero) is 1. The Kier molecular flexibility index (Phi) is 9.68. The molecule has 1 aliphatic heterocycles. The molecule has 1 fully saturated rings. The Hall–Kier alpha value is -4.50. The fourth-order valence-electron chi connectivity index (χ4n) is 5.56. The summed E-state index contributed by atoms with van der Waals surface area (Å²) in [5.41, 5.74) is 3.64. The number of piperidine rings is 1. The number of H-pyrrole nitrogens is 1. The third kappa shape index (κ3) is 8.16. The Morgan fingerprint density at radius 1 is 1.11 bits per heavy atom. The number of allylic oxidation sites excluding steroid dienone is 1. The smallest absolute Gasteiger partial charge is 0.410 e. The van der Waals surface area contributed by atoms with Crippen molar-refractivity contribution in [1.82, 2.24) is 19.9 Å². The molecule has 2 aromatic carbocycles. The van der Waals surface area contributed by atoms with Gasteiger partial charge in [0.1, 0.15) is 11.4 Å². The summed E-state index contributed by atoms with van der Waals surface area (Å²) in [7, 11) is 0. The van der Waals surface area contributed by atoms with Gasteiger partial charge in [0.15, 0.2) is 5.78 Å². The number of aromatic amines is 1. The third-order valence-corrected chi connectivity index (χ3v) is 8.04. The van der Waals surface area contributed by atoms with Crippen LogP contribution in [0.5, 0.6) is 0 Å². The van der Waals surface area contributed by atoms with Crippen LogP contribution >= 0.6 is 11.6 Å². The van der Waals surface area contributed by atoms with Gasteiger partial charge >= 0.3 is 6.09 Å². The standard InChI is InChI=1S/C35H38ClN5O4/c1-5-26(42)16-23-12-10-22(11-13-23)14-15-31(43)24-17-25(21-41(20-24)34(44)45-35(2,3)4)39-33-38-19-29(36)32(40-33)28-18-37-30-9-7-6-8-27(28)30/h5-13,18-19,24-25,37H,1,14-17,20-21H2,2-4H3,(H,38,39,40)/t24-,25-/m1/s1. The summed E-state index contributed by atoms with van der Waals surface area (Å²) in [6.45, 7) is 9.58. The number of likely N-dealkylation sites (tertiary alicyclic amines) is 1. The summed E-state index contributed by atoms with van der Waals surface area (Å²) in [5.74, 6) is -0.00539. The first-order chi connectivity index (χ1) is 21.5. The second kappa shape index (κ2) is 13.6. The molecular weight excluding hydrogens is 590 g/mol. The Labute approximate surface area is 268 Å². The van der Waals surface area contributed by atoms with Gasteiger partial charge in [-0.15, -0.1) is 0 Å². The van der Waals surface area contributed by atoms with Crippen molar-refractivity contribution in [2.24, 2.45) is 5.92 Å². The number of ether oxygens (including phenoxy) is 1. The number of rotatable bonds is 10. The Morgan fingerprint density at radius 3 is 2.58 bits per heavy atom. The fraction of sp³-hybridized carbons (Fsp3) is 0.343. The average Bonchev–Trinajstić information content (AvgIpc) is 3.44. The SMILES string of the molecule is C=CC(=O)Cc1ccc(CCC(=O)[C@@H]2C[C@@H](Nc3ncc(Cl)c(-c4c[nH]c5ccccc45)n3)CN(C(=O)OC(C)(C)C)C2)cc1. The highest BCUT2D eigenvalue weighted by atomic mass is 35.5. The van der Waals surface area contributed by atoms with E-state index >= 15 is 0 Å². The number of aromatic nitrogens is 3. The van der Waals surface area contributed by atoms with Crippen molar-refractivity contribution in [3.05, 3.63) is 89.7 Å². The summed E-state index contributed by atoms with van der Waals surface area (Å²) >= 11 is 6.54. The molecule has 234 valence electrons. The predicted molar refractivity (Wildman–Crippen MR) is 176 cm³/mol. The quantitative estimate of drug-likeness (QED) is 0.185. The molecule has 0 spiro atoms. The first-order valence-electron chi connectivity index (χ1n) is 15.1. The Balaban J connectivity index is 1.31. The van der Waals surface area contributed by atoms with Crippen LogP contribution in [-0.4, -0.2) is 62.2 Å². The lowest BCUT2D eigenvalue weighted by molar-refractivity contribution is -0.124. The third-order valence-electron chi connectivity index (χ3n) is 7.77. The molecule has 1 aliphatic rings. The zero-order chi connectivity index (χ0) is 32.1. The number of fused-ring (bicyclic) bond motifs is 1. The molecule has 0 aliphatic carbocycles. The maximum Gasteiger partial charge on any atom is 0.410 e. The summed E-state index contributed by atoms with van der Waals surface area (Å²) in [6.07, 6.45) is 5.99. The average molecular weight is 628 g/mol. The van der Waals surface area contributed by atoms with Gasteiger partial charge in [0.2, 0.25) is 5.95 Å². The highest BCUT2D eigenvalue weighted by molar-refractivity contribution is 6.33. The van der Waals surface area contributed by atoms with Crippen LogP contribution < -0.4 is 5.32 Å². The van der Waals surface area contributed by atoms with Crippen molar-refractivity contribution >= 4 is 46.1 Å². The number of aryl methyl sites for hydroxylation is 1. The molecule has 45 heavy (non-hydrogen) atoms. The van der Waals surface area contributed by atoms with Crippen LogP contribution in [0.25, 0.3) is 22.2 Å². The number of nitrogens with zero attached hydrogens (tertiary/aromatic N) is 3. The second-order valence-corrected chi connectivity index (χ2v) is 12.8. The van der Waals surface area contributed by atoms with E-state index in [1.807, 2.05) is 75.5 Å². The van der Waals surface area contributed by atoms with Crippen LogP contribution in [0.3, 0.4) is 0 Å². The zero-order valence-corrected chi connectivity index (χ0v) is 26.6. The van der Waals surface area contributed by atoms with Crippen molar-refractivity contribution in [3.8, 4) is 11.3 Å². The number of hydrogen-bond donors (Lipinski definition) is 2. The summed E-state index contributed by atoms with van der Waals surface area (Å²) in [5, 5.41) is 4.77. The number of ketones is 2. The van der Waals surface area contributed by atoms with Gasteiger partial charge in [-0.25, -0.2) is 14.8 Å². The molecule has 2 aromatic heterocycles. The molecular formula is C35H38ClN5O4. The first-order valence-corrected chi connectivity index (χ1v) is 15.5. The predicted octanol–water partition coefficient (Wildman–Crippen LogP) is 6.82. The Morgan fingerprint density at radius 2 is 1.84 bits per heavy atom. The van der Waals surface area contributed by atoms with E-state index in [1.165, 1.54) is 6.08 Å². The summed E-state index contributed by atoms with van der Waals surface area (Å²) < 4.78 is 5.67. The second-order valence-electron chi connectivity index (χ2n) is 12.4. The van der Waals surface area contributed by atoms with Gasteiger partial charge < -0.3 is 19.9 Å². The normalized spacial score (nSPS) is 16.8. The molecule has 1 amide bonds. The lowest BCUT2D eigenvalue weighted by Crippen LogP contribution is -2.52. The van der Waals surface area contributed by atoms with Gasteiger partial charge in [0, 0.05) is 60.6 Å². The van der Waals surface area contributed by atoms with E-state index in [2.05, 4.69) is 21.9 Å². The molecule has 4 aromatic rings. The van der Waals surface area contributed by atoms with Gasteiger partial charge in [-0.05, 0) is 56.9 Å². The van der Waals surface area contributed by atoms with Gasteiger partial charge in [-0.3, -0.25) is 9.59 Å². The van der Waals surface area contributed by atoms with E-state index < -0.39 is 17.6 Å². The van der Waals surface area contributed by atoms with Crippen LogP contribution in [0.4, 0.5) is 10.7 Å². The van der Waals surface area contributed by atoms with E-state index in [1.54, 1.807) is 11.1 Å². The fourth-order valence-corrected chi connectivity index (χ4v) is 5.75. The molecule has 2 atom stereocenters. The minimum absolute atomic E-state index is 0.0360. The van der Waals surface area contributed by atoms with Crippen LogP contribution in [0.2, 0.25) is 5.02 Å². The first kappa shape index (κ1) is 31.9. The molecule has 10 heteroatoms. The molecule has 5 rings (SSSR count). The molecule has 0 radical (unpaired) electrons. The monoisotopic (exact) mass is 627 g/mol. The van der Waals surface area contributed by atoms with Gasteiger partial charge in [-0.2, -0.15) is 0 Å². The molecule has 3 heterocycles. The van der Waals surface area contributed by atoms with E-state index in [4.69, 9.17) is 21.3 Å². The molecule has 1 saturated heterocycles. The van der Waals surface area contributed by atoms with Crippen molar-refractivity contribution in [2.45, 2.75) is 58.1 Å². The number of halogens is 1. The number of anilines is 1. The molecule has 0 bridgehead atoms. The maximum absolute atomic E-state index is 13.5. The van der Waals surface area contributed by atoms with E-state index in [0.717, 1.165) is 27.6 Å². The topological polar surface area (TPSA) is 117 Å². The number of carbonyl (C=O) groups excluding carboxylic acids is 3. The van der Waals surface area contributed by atoms with E-state index in [0.29, 0.717) is 48.9 Å². The largest absolute Gasteiger partial charge is 0.444 e. The lowest BCUT2D eigenvalue weighted by Gasteiger charge is -2.38. The van der Waals surface area contributed by atoms with Crippen LogP contribution in [0.1, 0.15) is 44.7 Å². The van der Waals surface area contributed by atoms with Crippen molar-refractivity contribution in [1.29, 1.82) is 0 Å². The van der Waals surface area contributed by atoms with Crippen molar-refractivity contribution in [2.75, 3.05) is 18.4 Å². The van der Waals surface area contributed by atoms with Gasteiger partial charge in [-0.1, -0.05) is 60.6 Å². The summed E-state index contributed by atoms with van der Waals surface area (Å²) in [6, 6.07) is 15.3. The van der Waals surface area contributed by atoms with Gasteiger partial charge in [0.05, 0.1) is 16.9 Å². The minimum Gasteiger partial charge on any atom is -0.444 e. The zero-order valence-electron chi connectivity index (χ0n) is 25.8. The van der Waals surface area contributed by atoms with Crippen molar-refractivity contribution < 1.29 is 19.1 Å².